The van der Waals surface area contributed by atoms with Crippen molar-refractivity contribution in [2.45, 2.75) is 38.6 Å². The molecule has 8 nitrogen and oxygen atoms in total. The van der Waals surface area contributed by atoms with Crippen molar-refractivity contribution in [3.63, 3.8) is 0 Å². The molecular formula is C20H32N4O4. The van der Waals surface area contributed by atoms with Crippen molar-refractivity contribution in [3.05, 3.63) is 23.8 Å². The normalized spacial score (nSPS) is 15.2. The molecule has 0 radical (unpaired) electrons. The maximum absolute atomic E-state index is 11.7. The van der Waals surface area contributed by atoms with Gasteiger partial charge in [-0.2, -0.15) is 0 Å². The lowest BCUT2D eigenvalue weighted by Gasteiger charge is -2.31. The first-order valence-electron chi connectivity index (χ1n) is 9.76. The van der Waals surface area contributed by atoms with Crippen LogP contribution in [0.25, 0.3) is 0 Å². The Balaban J connectivity index is 1.73. The summed E-state index contributed by atoms with van der Waals surface area (Å²) in [6, 6.07) is 6.01. The molecule has 1 aliphatic heterocycles. The zero-order valence-electron chi connectivity index (χ0n) is 17.1. The Morgan fingerprint density at radius 2 is 2.04 bits per heavy atom. The number of hydrogen-bond donors (Lipinski definition) is 2. The van der Waals surface area contributed by atoms with Crippen molar-refractivity contribution in [1.29, 1.82) is 0 Å². The van der Waals surface area contributed by atoms with Crippen LogP contribution in [0.4, 0.5) is 4.79 Å². The number of nitrogens with zero attached hydrogens (tertiary/aromatic N) is 2. The lowest BCUT2D eigenvalue weighted by molar-refractivity contribution is 0.0963. The molecule has 0 saturated carbocycles. The van der Waals surface area contributed by atoms with Crippen LogP contribution in [0.15, 0.2) is 23.2 Å². The summed E-state index contributed by atoms with van der Waals surface area (Å²) in [6.07, 6.45) is 3.10. The first-order chi connectivity index (χ1) is 13.6. The van der Waals surface area contributed by atoms with Crippen molar-refractivity contribution in [3.8, 4) is 11.5 Å². The minimum absolute atomic E-state index is 0.230. The van der Waals surface area contributed by atoms with Crippen molar-refractivity contribution in [2.75, 3.05) is 40.5 Å². The van der Waals surface area contributed by atoms with E-state index in [2.05, 4.69) is 10.3 Å². The molecule has 0 spiro atoms. The van der Waals surface area contributed by atoms with Crippen LogP contribution >= 0.6 is 0 Å². The standard InChI is InChI=1S/C20H32N4O4/c1-4-28-20(25)24-12-9-16(10-13-24)23-19(21)22-11-5-6-15-14-17(26-2)7-8-18(15)27-3/h7-8,14,16H,4-6,9-13H2,1-3H3,(H3,21,22,23). The monoisotopic (exact) mass is 392 g/mol. The molecule has 0 atom stereocenters. The summed E-state index contributed by atoms with van der Waals surface area (Å²) in [5.41, 5.74) is 7.11. The van der Waals surface area contributed by atoms with Crippen molar-refractivity contribution < 1.29 is 19.0 Å². The van der Waals surface area contributed by atoms with Gasteiger partial charge in [0.25, 0.3) is 0 Å². The Morgan fingerprint density at radius 3 is 2.68 bits per heavy atom. The van der Waals surface area contributed by atoms with E-state index in [1.54, 1.807) is 19.1 Å². The second kappa shape index (κ2) is 11.3. The number of nitrogens with one attached hydrogen (secondary N) is 1. The van der Waals surface area contributed by atoms with Crippen LogP contribution in [-0.4, -0.2) is 63.5 Å². The molecule has 1 saturated heterocycles. The highest BCUT2D eigenvalue weighted by Crippen LogP contribution is 2.25. The van der Waals surface area contributed by atoms with E-state index in [0.29, 0.717) is 32.2 Å². The number of carbonyl (C=O) groups is 1. The van der Waals surface area contributed by atoms with E-state index in [-0.39, 0.29) is 12.1 Å². The summed E-state index contributed by atoms with van der Waals surface area (Å²) in [4.78, 5) is 17.9. The number of benzene rings is 1. The molecule has 0 unspecified atom stereocenters. The molecule has 2 rings (SSSR count). The average Bonchev–Trinajstić information content (AvgIpc) is 2.71. The molecule has 28 heavy (non-hydrogen) atoms. The number of hydrogen-bond acceptors (Lipinski definition) is 5. The molecule has 0 aromatic heterocycles. The van der Waals surface area contributed by atoms with Crippen molar-refractivity contribution >= 4 is 12.1 Å². The first-order valence-corrected chi connectivity index (χ1v) is 9.76. The van der Waals surface area contributed by atoms with Gasteiger partial charge in [0.1, 0.15) is 11.5 Å². The van der Waals surface area contributed by atoms with E-state index in [1.165, 1.54) is 0 Å². The Labute approximate surface area is 167 Å². The van der Waals surface area contributed by atoms with Gasteiger partial charge in [0.2, 0.25) is 0 Å². The topological polar surface area (TPSA) is 98.4 Å². The number of piperidine rings is 1. The van der Waals surface area contributed by atoms with Gasteiger partial charge in [-0.15, -0.1) is 0 Å². The van der Waals surface area contributed by atoms with E-state index in [4.69, 9.17) is 19.9 Å². The van der Waals surface area contributed by atoms with Gasteiger partial charge in [-0.1, -0.05) is 0 Å². The molecule has 1 aromatic carbocycles. The fourth-order valence-corrected chi connectivity index (χ4v) is 3.22. The summed E-state index contributed by atoms with van der Waals surface area (Å²) in [6.45, 7) is 4.17. The van der Waals surface area contributed by atoms with E-state index in [1.807, 2.05) is 25.1 Å². The SMILES string of the molecule is CCOC(=O)N1CCC(NC(N)=NCCCc2cc(OC)ccc2OC)CC1. The molecule has 1 heterocycles. The third kappa shape index (κ3) is 6.51. The fourth-order valence-electron chi connectivity index (χ4n) is 3.22. The van der Waals surface area contributed by atoms with Crippen LogP contribution in [0.1, 0.15) is 31.7 Å². The molecule has 0 aliphatic carbocycles. The first kappa shape index (κ1) is 21.7. The van der Waals surface area contributed by atoms with Gasteiger partial charge in [0.15, 0.2) is 5.96 Å². The Kier molecular flexibility index (Phi) is 8.71. The van der Waals surface area contributed by atoms with E-state index < -0.39 is 0 Å². The van der Waals surface area contributed by atoms with Crippen molar-refractivity contribution in [2.24, 2.45) is 10.7 Å². The quantitative estimate of drug-likeness (QED) is 0.400. The van der Waals surface area contributed by atoms with Crippen molar-refractivity contribution in [1.82, 2.24) is 10.2 Å². The van der Waals surface area contributed by atoms with Crippen LogP contribution in [0.2, 0.25) is 0 Å². The summed E-state index contributed by atoms with van der Waals surface area (Å²) in [5, 5.41) is 3.25. The number of guanidine groups is 1. The number of rotatable bonds is 8. The van der Waals surface area contributed by atoms with Gasteiger partial charge >= 0.3 is 6.09 Å². The number of likely N-dealkylation sites (tertiary alicyclic amines) is 1. The van der Waals surface area contributed by atoms with E-state index >= 15 is 0 Å². The number of amides is 1. The number of aryl methyl sites for hydroxylation is 1. The van der Waals surface area contributed by atoms with Crippen LogP contribution in [0.3, 0.4) is 0 Å². The summed E-state index contributed by atoms with van der Waals surface area (Å²) >= 11 is 0. The second-order valence-electron chi connectivity index (χ2n) is 6.65. The largest absolute Gasteiger partial charge is 0.497 e. The maximum atomic E-state index is 11.7. The summed E-state index contributed by atoms with van der Waals surface area (Å²) in [5.74, 6) is 2.12. The lowest BCUT2D eigenvalue weighted by Crippen LogP contribution is -2.48. The third-order valence-electron chi connectivity index (χ3n) is 4.75. The second-order valence-corrected chi connectivity index (χ2v) is 6.65. The lowest BCUT2D eigenvalue weighted by atomic mass is 10.1. The van der Waals surface area contributed by atoms with Gasteiger partial charge in [-0.05, 0) is 56.4 Å². The fraction of sp³-hybridized carbons (Fsp3) is 0.600. The Bertz CT molecular complexity index is 658. The third-order valence-corrected chi connectivity index (χ3v) is 4.75. The Hall–Kier alpha value is -2.64. The van der Waals surface area contributed by atoms with E-state index in [9.17, 15) is 4.79 Å². The molecule has 1 aliphatic rings. The van der Waals surface area contributed by atoms with Crippen LogP contribution in [0.5, 0.6) is 11.5 Å². The summed E-state index contributed by atoms with van der Waals surface area (Å²) in [7, 11) is 3.32. The molecule has 0 bridgehead atoms. The van der Waals surface area contributed by atoms with Crippen LogP contribution < -0.4 is 20.5 Å². The molecule has 8 heteroatoms. The molecule has 156 valence electrons. The minimum atomic E-state index is -0.240. The highest BCUT2D eigenvalue weighted by molar-refractivity contribution is 5.78. The number of ether oxygens (including phenoxy) is 3. The summed E-state index contributed by atoms with van der Waals surface area (Å²) < 4.78 is 15.7. The number of methoxy groups -OCH3 is 2. The zero-order valence-corrected chi connectivity index (χ0v) is 17.1. The molecule has 3 N–H and O–H groups in total. The van der Waals surface area contributed by atoms with Gasteiger partial charge in [0.05, 0.1) is 20.8 Å². The van der Waals surface area contributed by atoms with Gasteiger partial charge in [0, 0.05) is 25.7 Å². The van der Waals surface area contributed by atoms with E-state index in [0.717, 1.165) is 42.7 Å². The Morgan fingerprint density at radius 1 is 1.29 bits per heavy atom. The zero-order chi connectivity index (χ0) is 20.4. The van der Waals surface area contributed by atoms with Gasteiger partial charge < -0.3 is 30.2 Å². The smallest absolute Gasteiger partial charge is 0.409 e. The maximum Gasteiger partial charge on any atom is 0.409 e. The number of carbonyl (C=O) groups excluding carboxylic acids is 1. The molecule has 1 amide bonds. The number of nitrogens with two attached hydrogens (primary N) is 1. The average molecular weight is 393 g/mol. The molecule has 1 fully saturated rings. The predicted molar refractivity (Wildman–Crippen MR) is 109 cm³/mol. The minimum Gasteiger partial charge on any atom is -0.497 e. The number of aliphatic imine (C=N–C) groups is 1. The highest BCUT2D eigenvalue weighted by Gasteiger charge is 2.23. The molecular weight excluding hydrogens is 360 g/mol. The van der Waals surface area contributed by atoms with Crippen LogP contribution in [-0.2, 0) is 11.2 Å². The predicted octanol–water partition coefficient (Wildman–Crippen LogP) is 2.16. The van der Waals surface area contributed by atoms with Gasteiger partial charge in [-0.3, -0.25) is 4.99 Å². The van der Waals surface area contributed by atoms with Crippen LogP contribution in [0, 0.1) is 0 Å². The molecule has 1 aromatic rings. The highest BCUT2D eigenvalue weighted by atomic mass is 16.6. The van der Waals surface area contributed by atoms with Gasteiger partial charge in [-0.25, -0.2) is 4.79 Å².